The van der Waals surface area contributed by atoms with Gasteiger partial charge in [0.15, 0.2) is 0 Å². The highest BCUT2D eigenvalue weighted by atomic mass is 32.2. The van der Waals surface area contributed by atoms with E-state index in [1.165, 1.54) is 23.9 Å². The van der Waals surface area contributed by atoms with Crippen molar-refractivity contribution in [3.8, 4) is 5.75 Å². The fourth-order valence-electron chi connectivity index (χ4n) is 1.52. The van der Waals surface area contributed by atoms with Crippen LogP contribution >= 0.6 is 11.8 Å². The molecule has 0 saturated heterocycles. The predicted molar refractivity (Wildman–Crippen MR) is 70.8 cm³/mol. The van der Waals surface area contributed by atoms with Crippen molar-refractivity contribution < 1.29 is 10.0 Å². The van der Waals surface area contributed by atoms with Gasteiger partial charge in [-0.05, 0) is 24.3 Å². The number of nitro groups is 1. The molecule has 2 aromatic rings. The zero-order valence-corrected chi connectivity index (χ0v) is 10.3. The normalized spacial score (nSPS) is 10.2. The molecule has 1 N–H and O–H groups in total. The molecule has 2 rings (SSSR count). The van der Waals surface area contributed by atoms with Crippen LogP contribution in [0.15, 0.2) is 53.4 Å². The molecule has 0 unspecified atom stereocenters. The van der Waals surface area contributed by atoms with Gasteiger partial charge in [0.2, 0.25) is 0 Å². The third kappa shape index (κ3) is 3.01. The van der Waals surface area contributed by atoms with Crippen molar-refractivity contribution in [2.75, 3.05) is 0 Å². The highest BCUT2D eigenvalue weighted by Gasteiger charge is 2.14. The largest absolute Gasteiger partial charge is 0.508 e. The van der Waals surface area contributed by atoms with Gasteiger partial charge in [-0.15, -0.1) is 11.8 Å². The van der Waals surface area contributed by atoms with E-state index in [0.29, 0.717) is 11.3 Å². The van der Waals surface area contributed by atoms with Crippen molar-refractivity contribution in [1.29, 1.82) is 0 Å². The van der Waals surface area contributed by atoms with Crippen LogP contribution < -0.4 is 0 Å². The maximum Gasteiger partial charge on any atom is 0.277 e. The molecule has 0 aliphatic heterocycles. The van der Waals surface area contributed by atoms with Crippen LogP contribution in [0.25, 0.3) is 0 Å². The molecular formula is C13H11NO3S. The van der Waals surface area contributed by atoms with Gasteiger partial charge in [-0.1, -0.05) is 18.2 Å². The average molecular weight is 261 g/mol. The summed E-state index contributed by atoms with van der Waals surface area (Å²) in [5.74, 6) is 0.413. The second kappa shape index (κ2) is 5.55. The molecule has 0 spiro atoms. The van der Waals surface area contributed by atoms with Gasteiger partial charge in [0, 0.05) is 16.2 Å². The third-order valence-electron chi connectivity index (χ3n) is 2.40. The van der Waals surface area contributed by atoms with Gasteiger partial charge in [0.05, 0.1) is 11.0 Å². The van der Waals surface area contributed by atoms with Crippen LogP contribution in [0.2, 0.25) is 0 Å². The number of benzene rings is 2. The van der Waals surface area contributed by atoms with E-state index in [1.807, 2.05) is 30.3 Å². The SMILES string of the molecule is O=[N+]([O-])c1cc(O)ccc1CSc1ccccc1. The Bertz CT molecular complexity index is 557. The fourth-order valence-corrected chi connectivity index (χ4v) is 2.44. The maximum absolute atomic E-state index is 10.9. The average Bonchev–Trinajstić information content (AvgIpc) is 2.38. The Kier molecular flexibility index (Phi) is 3.84. The van der Waals surface area contributed by atoms with E-state index in [1.54, 1.807) is 6.07 Å². The molecule has 0 atom stereocenters. The number of hydrogen-bond acceptors (Lipinski definition) is 4. The van der Waals surface area contributed by atoms with Crippen molar-refractivity contribution in [3.05, 3.63) is 64.2 Å². The second-order valence-electron chi connectivity index (χ2n) is 3.67. The number of phenolic OH excluding ortho intramolecular Hbond substituents is 1. The summed E-state index contributed by atoms with van der Waals surface area (Å²) in [6.45, 7) is 0. The third-order valence-corrected chi connectivity index (χ3v) is 3.46. The molecule has 0 aliphatic rings. The minimum Gasteiger partial charge on any atom is -0.508 e. The van der Waals surface area contributed by atoms with Gasteiger partial charge in [0.25, 0.3) is 5.69 Å². The molecule has 0 saturated carbocycles. The Morgan fingerprint density at radius 2 is 1.89 bits per heavy atom. The van der Waals surface area contributed by atoms with Crippen molar-refractivity contribution >= 4 is 17.4 Å². The number of nitrogens with zero attached hydrogens (tertiary/aromatic N) is 1. The highest BCUT2D eigenvalue weighted by Crippen LogP contribution is 2.30. The van der Waals surface area contributed by atoms with E-state index < -0.39 is 4.92 Å². The number of aromatic hydroxyl groups is 1. The van der Waals surface area contributed by atoms with Crippen molar-refractivity contribution in [2.24, 2.45) is 0 Å². The van der Waals surface area contributed by atoms with E-state index >= 15 is 0 Å². The first kappa shape index (κ1) is 12.4. The number of nitro benzene ring substituents is 1. The Morgan fingerprint density at radius 1 is 1.17 bits per heavy atom. The summed E-state index contributed by atoms with van der Waals surface area (Å²) in [6.07, 6.45) is 0. The van der Waals surface area contributed by atoms with E-state index in [9.17, 15) is 15.2 Å². The number of rotatable bonds is 4. The van der Waals surface area contributed by atoms with Gasteiger partial charge < -0.3 is 5.11 Å². The highest BCUT2D eigenvalue weighted by molar-refractivity contribution is 7.98. The molecule has 5 heteroatoms. The summed E-state index contributed by atoms with van der Waals surface area (Å²) >= 11 is 1.52. The van der Waals surface area contributed by atoms with Gasteiger partial charge in [-0.2, -0.15) is 0 Å². The van der Waals surface area contributed by atoms with Crippen LogP contribution in [0.3, 0.4) is 0 Å². The van der Waals surface area contributed by atoms with Crippen LogP contribution in [-0.4, -0.2) is 10.0 Å². The quantitative estimate of drug-likeness (QED) is 0.519. The molecule has 0 heterocycles. The number of phenols is 1. The molecular weight excluding hydrogens is 250 g/mol. The molecule has 0 amide bonds. The smallest absolute Gasteiger partial charge is 0.277 e. The Hall–Kier alpha value is -2.01. The number of hydrogen-bond donors (Lipinski definition) is 1. The van der Waals surface area contributed by atoms with Crippen LogP contribution in [-0.2, 0) is 5.75 Å². The van der Waals surface area contributed by atoms with Crippen LogP contribution in [0, 0.1) is 10.1 Å². The van der Waals surface area contributed by atoms with Gasteiger partial charge >= 0.3 is 0 Å². The molecule has 0 radical (unpaired) electrons. The molecule has 92 valence electrons. The standard InChI is InChI=1S/C13H11NO3S/c15-11-7-6-10(13(8-11)14(16)17)9-18-12-4-2-1-3-5-12/h1-8,15H,9H2. The molecule has 0 fully saturated rings. The van der Waals surface area contributed by atoms with Crippen molar-refractivity contribution in [3.63, 3.8) is 0 Å². The van der Waals surface area contributed by atoms with E-state index in [4.69, 9.17) is 0 Å². The van der Waals surface area contributed by atoms with Crippen molar-refractivity contribution in [2.45, 2.75) is 10.6 Å². The lowest BCUT2D eigenvalue weighted by Gasteiger charge is -2.03. The molecule has 2 aromatic carbocycles. The summed E-state index contributed by atoms with van der Waals surface area (Å²) in [4.78, 5) is 11.5. The first-order valence-corrected chi connectivity index (χ1v) is 6.29. The monoisotopic (exact) mass is 261 g/mol. The van der Waals surface area contributed by atoms with Crippen LogP contribution in [0.1, 0.15) is 5.56 Å². The first-order chi connectivity index (χ1) is 8.66. The zero-order chi connectivity index (χ0) is 13.0. The van der Waals surface area contributed by atoms with Gasteiger partial charge in [-0.3, -0.25) is 10.1 Å². The summed E-state index contributed by atoms with van der Waals surface area (Å²) in [7, 11) is 0. The lowest BCUT2D eigenvalue weighted by Crippen LogP contribution is -1.93. The fraction of sp³-hybridized carbons (Fsp3) is 0.0769. The second-order valence-corrected chi connectivity index (χ2v) is 4.72. The van der Waals surface area contributed by atoms with E-state index in [0.717, 1.165) is 4.90 Å². The maximum atomic E-state index is 10.9. The van der Waals surface area contributed by atoms with Crippen LogP contribution in [0.4, 0.5) is 5.69 Å². The summed E-state index contributed by atoms with van der Waals surface area (Å²) in [6, 6.07) is 13.9. The predicted octanol–water partition coefficient (Wildman–Crippen LogP) is 3.59. The van der Waals surface area contributed by atoms with Gasteiger partial charge in [-0.25, -0.2) is 0 Å². The molecule has 0 aliphatic carbocycles. The molecule has 4 nitrogen and oxygen atoms in total. The van der Waals surface area contributed by atoms with Crippen LogP contribution in [0.5, 0.6) is 5.75 Å². The first-order valence-electron chi connectivity index (χ1n) is 5.31. The minimum absolute atomic E-state index is 0.0431. The Labute approximate surface area is 108 Å². The lowest BCUT2D eigenvalue weighted by atomic mass is 10.2. The molecule has 18 heavy (non-hydrogen) atoms. The molecule has 0 bridgehead atoms. The number of thioether (sulfide) groups is 1. The lowest BCUT2D eigenvalue weighted by molar-refractivity contribution is -0.385. The molecule has 0 aromatic heterocycles. The summed E-state index contributed by atoms with van der Waals surface area (Å²) in [5.41, 5.74) is 0.560. The Morgan fingerprint density at radius 3 is 2.56 bits per heavy atom. The zero-order valence-electron chi connectivity index (χ0n) is 9.45. The topological polar surface area (TPSA) is 63.4 Å². The van der Waals surface area contributed by atoms with E-state index in [2.05, 4.69) is 0 Å². The van der Waals surface area contributed by atoms with Gasteiger partial charge in [0.1, 0.15) is 5.75 Å². The van der Waals surface area contributed by atoms with Crippen molar-refractivity contribution in [1.82, 2.24) is 0 Å². The Balaban J connectivity index is 2.17. The minimum atomic E-state index is -0.472. The summed E-state index contributed by atoms with van der Waals surface area (Å²) < 4.78 is 0. The summed E-state index contributed by atoms with van der Waals surface area (Å²) in [5, 5.41) is 20.1. The van der Waals surface area contributed by atoms with E-state index in [-0.39, 0.29) is 11.4 Å².